The predicted molar refractivity (Wildman–Crippen MR) is 98.4 cm³/mol. The first-order valence-corrected chi connectivity index (χ1v) is 9.80. The second kappa shape index (κ2) is 6.92. The molecule has 2 aromatic carbocycles. The SMILES string of the molecule is Cc1ccc(S(=O)(=O)NC(=O)c2cccc(NC(=O)C3CC3)c2)c(C)c1. The molecule has 1 aliphatic rings. The van der Waals surface area contributed by atoms with Crippen molar-refractivity contribution < 1.29 is 18.0 Å². The number of sulfonamides is 1. The number of hydrogen-bond donors (Lipinski definition) is 2. The van der Waals surface area contributed by atoms with Crippen LogP contribution in [0.2, 0.25) is 0 Å². The average molecular weight is 372 g/mol. The van der Waals surface area contributed by atoms with Crippen LogP contribution in [0.15, 0.2) is 47.4 Å². The minimum atomic E-state index is -3.98. The molecule has 0 aliphatic heterocycles. The maximum Gasteiger partial charge on any atom is 0.265 e. The van der Waals surface area contributed by atoms with Crippen LogP contribution in [0.5, 0.6) is 0 Å². The summed E-state index contributed by atoms with van der Waals surface area (Å²) in [6.07, 6.45) is 1.75. The van der Waals surface area contributed by atoms with Crippen molar-refractivity contribution in [2.24, 2.45) is 5.92 Å². The summed E-state index contributed by atoms with van der Waals surface area (Å²) >= 11 is 0. The average Bonchev–Trinajstić information content (AvgIpc) is 3.39. The number of rotatable bonds is 5. The topological polar surface area (TPSA) is 92.3 Å². The molecule has 0 heterocycles. The van der Waals surface area contributed by atoms with Gasteiger partial charge in [0.1, 0.15) is 0 Å². The molecule has 136 valence electrons. The van der Waals surface area contributed by atoms with E-state index in [0.29, 0.717) is 11.3 Å². The molecule has 1 saturated carbocycles. The predicted octanol–water partition coefficient (Wildman–Crippen LogP) is 2.77. The van der Waals surface area contributed by atoms with E-state index >= 15 is 0 Å². The van der Waals surface area contributed by atoms with E-state index in [1.165, 1.54) is 18.2 Å². The summed E-state index contributed by atoms with van der Waals surface area (Å²) in [5, 5.41) is 2.74. The fourth-order valence-electron chi connectivity index (χ4n) is 2.66. The van der Waals surface area contributed by atoms with E-state index in [1.54, 1.807) is 31.2 Å². The van der Waals surface area contributed by atoms with Gasteiger partial charge in [0.25, 0.3) is 15.9 Å². The van der Waals surface area contributed by atoms with Crippen LogP contribution >= 0.6 is 0 Å². The van der Waals surface area contributed by atoms with Gasteiger partial charge in [-0.05, 0) is 56.5 Å². The minimum absolute atomic E-state index is 0.0392. The van der Waals surface area contributed by atoms with Gasteiger partial charge in [-0.2, -0.15) is 0 Å². The molecule has 1 fully saturated rings. The van der Waals surface area contributed by atoms with Crippen LogP contribution in [0.4, 0.5) is 5.69 Å². The Labute approximate surface area is 152 Å². The normalized spacial score (nSPS) is 13.9. The molecule has 0 saturated heterocycles. The molecule has 3 rings (SSSR count). The molecule has 26 heavy (non-hydrogen) atoms. The zero-order valence-electron chi connectivity index (χ0n) is 14.6. The number of nitrogens with one attached hydrogen (secondary N) is 2. The molecule has 2 aromatic rings. The largest absolute Gasteiger partial charge is 0.326 e. The Balaban J connectivity index is 1.77. The molecule has 2 amide bonds. The molecule has 2 N–H and O–H groups in total. The molecule has 0 atom stereocenters. The minimum Gasteiger partial charge on any atom is -0.326 e. The molecular formula is C19H20N2O4S. The number of benzene rings is 2. The lowest BCUT2D eigenvalue weighted by Crippen LogP contribution is -2.31. The quantitative estimate of drug-likeness (QED) is 0.844. The van der Waals surface area contributed by atoms with Gasteiger partial charge in [-0.25, -0.2) is 13.1 Å². The summed E-state index contributed by atoms with van der Waals surface area (Å²) in [6.45, 7) is 3.55. The number of amides is 2. The monoisotopic (exact) mass is 372 g/mol. The number of carbonyl (C=O) groups excluding carboxylic acids is 2. The summed E-state index contributed by atoms with van der Waals surface area (Å²) in [7, 11) is -3.98. The number of carbonyl (C=O) groups is 2. The lowest BCUT2D eigenvalue weighted by Gasteiger charge is -2.11. The maximum atomic E-state index is 12.5. The Hall–Kier alpha value is -2.67. The smallest absolute Gasteiger partial charge is 0.265 e. The van der Waals surface area contributed by atoms with Crippen LogP contribution in [0.25, 0.3) is 0 Å². The number of aryl methyl sites for hydroxylation is 2. The Morgan fingerprint density at radius 1 is 1.04 bits per heavy atom. The summed E-state index contributed by atoms with van der Waals surface area (Å²) in [5.74, 6) is -0.782. The highest BCUT2D eigenvalue weighted by Crippen LogP contribution is 2.30. The summed E-state index contributed by atoms with van der Waals surface area (Å²) in [6, 6.07) is 11.1. The third-order valence-corrected chi connectivity index (χ3v) is 5.68. The van der Waals surface area contributed by atoms with E-state index in [-0.39, 0.29) is 22.3 Å². The fraction of sp³-hybridized carbons (Fsp3) is 0.263. The van der Waals surface area contributed by atoms with Crippen molar-refractivity contribution in [2.75, 3.05) is 5.32 Å². The van der Waals surface area contributed by atoms with Crippen molar-refractivity contribution in [3.63, 3.8) is 0 Å². The van der Waals surface area contributed by atoms with Gasteiger partial charge in [-0.3, -0.25) is 9.59 Å². The van der Waals surface area contributed by atoms with Gasteiger partial charge in [-0.1, -0.05) is 23.8 Å². The van der Waals surface area contributed by atoms with E-state index in [9.17, 15) is 18.0 Å². The van der Waals surface area contributed by atoms with Gasteiger partial charge in [0, 0.05) is 17.2 Å². The standard InChI is InChI=1S/C19H20N2O4S/c1-12-6-9-17(13(2)10-12)26(24,25)21-19(23)15-4-3-5-16(11-15)20-18(22)14-7-8-14/h3-6,9-11,14H,7-8H2,1-2H3,(H,20,22)(H,21,23). The summed E-state index contributed by atoms with van der Waals surface area (Å²) in [4.78, 5) is 24.3. The second-order valence-corrected chi connectivity index (χ2v) is 8.20. The molecule has 0 bridgehead atoms. The zero-order valence-corrected chi connectivity index (χ0v) is 15.4. The van der Waals surface area contributed by atoms with Crippen molar-refractivity contribution >= 4 is 27.5 Å². The van der Waals surface area contributed by atoms with Crippen molar-refractivity contribution in [1.82, 2.24) is 4.72 Å². The van der Waals surface area contributed by atoms with Gasteiger partial charge in [0.05, 0.1) is 4.90 Å². The van der Waals surface area contributed by atoms with E-state index in [1.807, 2.05) is 6.92 Å². The highest BCUT2D eigenvalue weighted by molar-refractivity contribution is 7.90. The first kappa shape index (κ1) is 18.1. The van der Waals surface area contributed by atoms with Crippen molar-refractivity contribution in [3.8, 4) is 0 Å². The van der Waals surface area contributed by atoms with Gasteiger partial charge >= 0.3 is 0 Å². The van der Waals surface area contributed by atoms with E-state index < -0.39 is 15.9 Å². The first-order chi connectivity index (χ1) is 12.3. The maximum absolute atomic E-state index is 12.5. The van der Waals surface area contributed by atoms with Crippen molar-refractivity contribution in [1.29, 1.82) is 0 Å². The molecule has 0 aromatic heterocycles. The Morgan fingerprint density at radius 3 is 2.42 bits per heavy atom. The van der Waals surface area contributed by atoms with Crippen molar-refractivity contribution in [2.45, 2.75) is 31.6 Å². The van der Waals surface area contributed by atoms with Gasteiger partial charge in [0.2, 0.25) is 5.91 Å². The zero-order chi connectivity index (χ0) is 18.9. The number of anilines is 1. The number of hydrogen-bond acceptors (Lipinski definition) is 4. The fourth-order valence-corrected chi connectivity index (χ4v) is 3.87. The molecule has 0 unspecified atom stereocenters. The van der Waals surface area contributed by atoms with Crippen LogP contribution in [0, 0.1) is 19.8 Å². The van der Waals surface area contributed by atoms with E-state index in [2.05, 4.69) is 10.0 Å². The van der Waals surface area contributed by atoms with Crippen LogP contribution in [-0.4, -0.2) is 20.2 Å². The molecule has 1 aliphatic carbocycles. The Morgan fingerprint density at radius 2 is 1.77 bits per heavy atom. The lowest BCUT2D eigenvalue weighted by molar-refractivity contribution is -0.117. The van der Waals surface area contributed by atoms with E-state index in [0.717, 1.165) is 18.4 Å². The van der Waals surface area contributed by atoms with Crippen LogP contribution in [0.1, 0.15) is 34.3 Å². The van der Waals surface area contributed by atoms with E-state index in [4.69, 9.17) is 0 Å². The van der Waals surface area contributed by atoms with Crippen LogP contribution in [0.3, 0.4) is 0 Å². The molecule has 6 nitrogen and oxygen atoms in total. The molecular weight excluding hydrogens is 352 g/mol. The molecule has 0 spiro atoms. The summed E-state index contributed by atoms with van der Waals surface area (Å²) in [5.41, 5.74) is 2.13. The highest BCUT2D eigenvalue weighted by atomic mass is 32.2. The van der Waals surface area contributed by atoms with Crippen molar-refractivity contribution in [3.05, 3.63) is 59.2 Å². The van der Waals surface area contributed by atoms with Gasteiger partial charge < -0.3 is 5.32 Å². The first-order valence-electron chi connectivity index (χ1n) is 8.31. The Bertz CT molecular complexity index is 979. The lowest BCUT2D eigenvalue weighted by atomic mass is 10.2. The van der Waals surface area contributed by atoms with Gasteiger partial charge in [-0.15, -0.1) is 0 Å². The van der Waals surface area contributed by atoms with Gasteiger partial charge in [0.15, 0.2) is 0 Å². The van der Waals surface area contributed by atoms with Crippen LogP contribution in [-0.2, 0) is 14.8 Å². The third kappa shape index (κ3) is 4.11. The summed E-state index contributed by atoms with van der Waals surface area (Å²) < 4.78 is 27.1. The highest BCUT2D eigenvalue weighted by Gasteiger charge is 2.29. The third-order valence-electron chi connectivity index (χ3n) is 4.19. The Kier molecular flexibility index (Phi) is 4.82. The second-order valence-electron chi connectivity index (χ2n) is 6.55. The van der Waals surface area contributed by atoms with Crippen LogP contribution < -0.4 is 10.0 Å². The molecule has 0 radical (unpaired) electrons. The molecule has 7 heteroatoms.